The summed E-state index contributed by atoms with van der Waals surface area (Å²) < 4.78 is 0. The summed E-state index contributed by atoms with van der Waals surface area (Å²) in [7, 11) is 4.04. The van der Waals surface area contributed by atoms with Crippen LogP contribution in [0.1, 0.15) is 17.2 Å². The highest BCUT2D eigenvalue weighted by atomic mass is 16.3. The molecule has 1 atom stereocenters. The fourth-order valence-corrected chi connectivity index (χ4v) is 2.12. The molecule has 94 valence electrons. The smallest absolute Gasteiger partial charge is 0.0831 e. The molecule has 0 saturated carbocycles. The summed E-state index contributed by atoms with van der Waals surface area (Å²) in [4.78, 5) is 2.08. The number of aliphatic hydroxyl groups is 1. The molecule has 0 aliphatic heterocycles. The monoisotopic (exact) mass is 241 g/mol. The molecule has 0 aliphatic rings. The van der Waals surface area contributed by atoms with Crippen LogP contribution in [-0.4, -0.2) is 19.2 Å². The molecule has 0 fully saturated rings. The Balaban J connectivity index is 2.19. The molecule has 2 rings (SSSR count). The van der Waals surface area contributed by atoms with Crippen molar-refractivity contribution in [1.82, 2.24) is 0 Å². The number of benzene rings is 2. The molecular weight excluding hydrogens is 222 g/mol. The predicted octanol–water partition coefficient (Wildman–Crippen LogP) is 3.03. The highest BCUT2D eigenvalue weighted by Crippen LogP contribution is 2.24. The Morgan fingerprint density at radius 1 is 0.944 bits per heavy atom. The van der Waals surface area contributed by atoms with Gasteiger partial charge in [-0.3, -0.25) is 0 Å². The van der Waals surface area contributed by atoms with Crippen LogP contribution in [0.25, 0.3) is 0 Å². The van der Waals surface area contributed by atoms with Gasteiger partial charge in [0.15, 0.2) is 0 Å². The Morgan fingerprint density at radius 3 is 2.22 bits per heavy atom. The number of rotatable bonds is 4. The molecule has 0 aliphatic carbocycles. The minimum Gasteiger partial charge on any atom is -0.388 e. The van der Waals surface area contributed by atoms with Gasteiger partial charge in [-0.2, -0.15) is 0 Å². The summed E-state index contributed by atoms with van der Waals surface area (Å²) in [5, 5.41) is 10.3. The van der Waals surface area contributed by atoms with E-state index in [4.69, 9.17) is 0 Å². The van der Waals surface area contributed by atoms with Gasteiger partial charge in [0, 0.05) is 26.2 Å². The number of hydrogen-bond donors (Lipinski definition) is 1. The molecule has 0 radical (unpaired) electrons. The number of anilines is 1. The fourth-order valence-electron chi connectivity index (χ4n) is 2.12. The zero-order chi connectivity index (χ0) is 13.0. The molecular formula is C16H19NO. The van der Waals surface area contributed by atoms with Crippen molar-refractivity contribution >= 4 is 5.69 Å². The van der Waals surface area contributed by atoms with E-state index in [2.05, 4.69) is 17.0 Å². The summed E-state index contributed by atoms with van der Waals surface area (Å²) in [6.07, 6.45) is 0.186. The standard InChI is InChI=1S/C16H19NO/c1-17(2)15-11-7-6-10-14(15)12-16(18)13-8-4-3-5-9-13/h3-11,16,18H,12H2,1-2H3/t16-/m0/s1. The number of hydrogen-bond acceptors (Lipinski definition) is 2. The summed E-state index contributed by atoms with van der Waals surface area (Å²) in [6, 6.07) is 18.0. The molecule has 0 amide bonds. The van der Waals surface area contributed by atoms with E-state index in [-0.39, 0.29) is 0 Å². The van der Waals surface area contributed by atoms with E-state index in [1.807, 2.05) is 56.6 Å². The maximum Gasteiger partial charge on any atom is 0.0831 e. The first-order chi connectivity index (χ1) is 8.68. The molecule has 1 N–H and O–H groups in total. The summed E-state index contributed by atoms with van der Waals surface area (Å²) >= 11 is 0. The Labute approximate surface area is 109 Å². The normalized spacial score (nSPS) is 12.2. The van der Waals surface area contributed by atoms with Crippen LogP contribution in [0.4, 0.5) is 5.69 Å². The summed E-state index contributed by atoms with van der Waals surface area (Å²) in [5.74, 6) is 0. The zero-order valence-corrected chi connectivity index (χ0v) is 10.9. The first-order valence-electron chi connectivity index (χ1n) is 6.16. The lowest BCUT2D eigenvalue weighted by Gasteiger charge is -2.19. The van der Waals surface area contributed by atoms with Crippen molar-refractivity contribution in [2.24, 2.45) is 0 Å². The lowest BCUT2D eigenvalue weighted by molar-refractivity contribution is 0.178. The molecule has 2 heteroatoms. The molecule has 0 heterocycles. The first kappa shape index (κ1) is 12.7. The predicted molar refractivity (Wildman–Crippen MR) is 75.9 cm³/mol. The quantitative estimate of drug-likeness (QED) is 0.889. The summed E-state index contributed by atoms with van der Waals surface area (Å²) in [6.45, 7) is 0. The van der Waals surface area contributed by atoms with E-state index >= 15 is 0 Å². The largest absolute Gasteiger partial charge is 0.388 e. The number of nitrogens with zero attached hydrogens (tertiary/aromatic N) is 1. The Bertz CT molecular complexity index is 493. The Morgan fingerprint density at radius 2 is 1.56 bits per heavy atom. The molecule has 2 aromatic carbocycles. The van der Waals surface area contributed by atoms with Gasteiger partial charge < -0.3 is 10.0 Å². The highest BCUT2D eigenvalue weighted by Gasteiger charge is 2.11. The Kier molecular flexibility index (Phi) is 4.00. The van der Waals surface area contributed by atoms with E-state index in [0.717, 1.165) is 11.3 Å². The van der Waals surface area contributed by atoms with Crippen molar-refractivity contribution in [1.29, 1.82) is 0 Å². The fraction of sp³-hybridized carbons (Fsp3) is 0.250. The van der Waals surface area contributed by atoms with Gasteiger partial charge in [0.1, 0.15) is 0 Å². The molecule has 2 aromatic rings. The van der Waals surface area contributed by atoms with Crippen molar-refractivity contribution in [3.63, 3.8) is 0 Å². The average molecular weight is 241 g/mol. The van der Waals surface area contributed by atoms with Crippen LogP contribution in [0.15, 0.2) is 54.6 Å². The molecule has 0 saturated heterocycles. The van der Waals surface area contributed by atoms with Crippen molar-refractivity contribution in [3.8, 4) is 0 Å². The van der Waals surface area contributed by atoms with Gasteiger partial charge in [-0.25, -0.2) is 0 Å². The maximum absolute atomic E-state index is 10.3. The highest BCUT2D eigenvalue weighted by molar-refractivity contribution is 5.52. The molecule has 0 aromatic heterocycles. The van der Waals surface area contributed by atoms with Gasteiger partial charge in [0.05, 0.1) is 6.10 Å². The van der Waals surface area contributed by atoms with E-state index < -0.39 is 6.10 Å². The van der Waals surface area contributed by atoms with Crippen LogP contribution in [0, 0.1) is 0 Å². The Hall–Kier alpha value is -1.80. The molecule has 0 unspecified atom stereocenters. The van der Waals surface area contributed by atoms with Crippen molar-refractivity contribution in [3.05, 3.63) is 65.7 Å². The lowest BCUT2D eigenvalue weighted by Crippen LogP contribution is -2.12. The lowest BCUT2D eigenvalue weighted by atomic mass is 10.00. The third kappa shape index (κ3) is 2.90. The number of aliphatic hydroxyl groups excluding tert-OH is 1. The van der Waals surface area contributed by atoms with Crippen LogP contribution < -0.4 is 4.90 Å². The van der Waals surface area contributed by atoms with Gasteiger partial charge >= 0.3 is 0 Å². The minimum atomic E-state index is -0.452. The third-order valence-corrected chi connectivity index (χ3v) is 3.07. The van der Waals surface area contributed by atoms with Gasteiger partial charge in [0.2, 0.25) is 0 Å². The zero-order valence-electron chi connectivity index (χ0n) is 10.9. The van der Waals surface area contributed by atoms with E-state index in [1.165, 1.54) is 5.56 Å². The van der Waals surface area contributed by atoms with E-state index in [1.54, 1.807) is 0 Å². The van der Waals surface area contributed by atoms with Gasteiger partial charge in [0.25, 0.3) is 0 Å². The average Bonchev–Trinajstić information content (AvgIpc) is 2.40. The van der Waals surface area contributed by atoms with E-state index in [9.17, 15) is 5.11 Å². The third-order valence-electron chi connectivity index (χ3n) is 3.07. The van der Waals surface area contributed by atoms with Gasteiger partial charge in [-0.15, -0.1) is 0 Å². The van der Waals surface area contributed by atoms with Crippen LogP contribution in [0.5, 0.6) is 0 Å². The molecule has 0 spiro atoms. The van der Waals surface area contributed by atoms with Crippen LogP contribution >= 0.6 is 0 Å². The molecule has 2 nitrogen and oxygen atoms in total. The number of para-hydroxylation sites is 1. The van der Waals surface area contributed by atoms with Gasteiger partial charge in [-0.05, 0) is 17.2 Å². The minimum absolute atomic E-state index is 0.452. The topological polar surface area (TPSA) is 23.5 Å². The van der Waals surface area contributed by atoms with Crippen LogP contribution in [0.3, 0.4) is 0 Å². The van der Waals surface area contributed by atoms with Crippen LogP contribution in [-0.2, 0) is 6.42 Å². The van der Waals surface area contributed by atoms with Crippen molar-refractivity contribution < 1.29 is 5.11 Å². The second-order valence-corrected chi connectivity index (χ2v) is 4.65. The van der Waals surface area contributed by atoms with Crippen LogP contribution in [0.2, 0.25) is 0 Å². The second-order valence-electron chi connectivity index (χ2n) is 4.65. The SMILES string of the molecule is CN(C)c1ccccc1C[C@H](O)c1ccccc1. The van der Waals surface area contributed by atoms with Gasteiger partial charge in [-0.1, -0.05) is 48.5 Å². The summed E-state index contributed by atoms with van der Waals surface area (Å²) in [5.41, 5.74) is 3.29. The maximum atomic E-state index is 10.3. The van der Waals surface area contributed by atoms with Crippen molar-refractivity contribution in [2.45, 2.75) is 12.5 Å². The second kappa shape index (κ2) is 5.69. The molecule has 18 heavy (non-hydrogen) atoms. The van der Waals surface area contributed by atoms with Crippen molar-refractivity contribution in [2.75, 3.05) is 19.0 Å². The van der Waals surface area contributed by atoms with E-state index in [0.29, 0.717) is 6.42 Å². The molecule has 0 bridgehead atoms. The first-order valence-corrected chi connectivity index (χ1v) is 6.16.